The van der Waals surface area contributed by atoms with Crippen LogP contribution in [0.25, 0.3) is 0 Å². The van der Waals surface area contributed by atoms with Crippen molar-refractivity contribution in [2.75, 3.05) is 12.3 Å². The van der Waals surface area contributed by atoms with Crippen LogP contribution < -0.4 is 10.6 Å². The topological polar surface area (TPSA) is 41.1 Å². The van der Waals surface area contributed by atoms with E-state index in [0.717, 1.165) is 31.6 Å². The normalized spacial score (nSPS) is 22.5. The summed E-state index contributed by atoms with van der Waals surface area (Å²) in [5.74, 6) is 1.35. The highest BCUT2D eigenvalue weighted by molar-refractivity contribution is 7.99. The molecule has 0 spiro atoms. The maximum absolute atomic E-state index is 12.4. The molecule has 2 rings (SSSR count). The van der Waals surface area contributed by atoms with E-state index >= 15 is 0 Å². The Morgan fingerprint density at radius 1 is 1.41 bits per heavy atom. The van der Waals surface area contributed by atoms with E-state index in [-0.39, 0.29) is 30.3 Å². The molecule has 0 aliphatic carbocycles. The molecule has 5 heteroatoms. The number of rotatable bonds is 6. The van der Waals surface area contributed by atoms with E-state index in [1.807, 2.05) is 17.8 Å². The molecule has 2 N–H and O–H groups in total. The molecule has 1 amide bonds. The van der Waals surface area contributed by atoms with Gasteiger partial charge in [-0.1, -0.05) is 25.1 Å². The first-order chi connectivity index (χ1) is 10.2. The van der Waals surface area contributed by atoms with Gasteiger partial charge < -0.3 is 10.6 Å². The predicted molar refractivity (Wildman–Crippen MR) is 96.8 cm³/mol. The number of carbonyl (C=O) groups excluding carboxylic acids is 1. The summed E-state index contributed by atoms with van der Waals surface area (Å²) >= 11 is 1.82. The third-order valence-electron chi connectivity index (χ3n) is 4.03. The van der Waals surface area contributed by atoms with Crippen molar-refractivity contribution in [2.24, 2.45) is 5.92 Å². The average Bonchev–Trinajstić information content (AvgIpc) is 2.52. The predicted octanol–water partition coefficient (Wildman–Crippen LogP) is 3.48. The van der Waals surface area contributed by atoms with Crippen LogP contribution in [0.1, 0.15) is 33.1 Å². The number of amides is 1. The van der Waals surface area contributed by atoms with Gasteiger partial charge in [0.1, 0.15) is 0 Å². The van der Waals surface area contributed by atoms with Crippen molar-refractivity contribution < 1.29 is 4.79 Å². The summed E-state index contributed by atoms with van der Waals surface area (Å²) in [7, 11) is 0. The summed E-state index contributed by atoms with van der Waals surface area (Å²) in [6.07, 6.45) is 2.89. The zero-order valence-corrected chi connectivity index (χ0v) is 15.0. The second-order valence-electron chi connectivity index (χ2n) is 5.81. The van der Waals surface area contributed by atoms with Crippen molar-refractivity contribution in [2.45, 2.75) is 50.1 Å². The minimum atomic E-state index is 0. The summed E-state index contributed by atoms with van der Waals surface area (Å²) in [5, 5.41) is 6.64. The van der Waals surface area contributed by atoms with Gasteiger partial charge in [-0.15, -0.1) is 24.2 Å². The lowest BCUT2D eigenvalue weighted by Gasteiger charge is -2.28. The van der Waals surface area contributed by atoms with Gasteiger partial charge in [0.25, 0.3) is 0 Å². The molecule has 1 saturated heterocycles. The molecule has 1 aliphatic rings. The first-order valence-corrected chi connectivity index (χ1v) is 8.89. The molecule has 0 bridgehead atoms. The van der Waals surface area contributed by atoms with Crippen molar-refractivity contribution in [1.29, 1.82) is 0 Å². The largest absolute Gasteiger partial charge is 0.352 e. The number of halogens is 1. The van der Waals surface area contributed by atoms with E-state index in [9.17, 15) is 4.79 Å². The van der Waals surface area contributed by atoms with E-state index in [4.69, 9.17) is 0 Å². The van der Waals surface area contributed by atoms with Crippen molar-refractivity contribution >= 4 is 30.1 Å². The van der Waals surface area contributed by atoms with Crippen LogP contribution >= 0.6 is 24.2 Å². The third kappa shape index (κ3) is 6.19. The van der Waals surface area contributed by atoms with E-state index in [1.54, 1.807) is 0 Å². The quantitative estimate of drug-likeness (QED) is 0.778. The Hall–Kier alpha value is -0.710. The molecule has 1 unspecified atom stereocenters. The lowest BCUT2D eigenvalue weighted by Crippen LogP contribution is -2.45. The molecular formula is C17H27ClN2OS. The number of carbonyl (C=O) groups is 1. The first kappa shape index (κ1) is 19.3. The Morgan fingerprint density at radius 3 is 2.77 bits per heavy atom. The standard InChI is InChI=1S/C17H26N2OS.ClH/c1-3-15(12-21-16-7-5-4-6-8-16)19-17(20)14-9-10-18-13(2)11-14;/h4-8,13-15,18H,3,9-12H2,1-2H3,(H,19,20);1H/t13-,14-,15?;/m0./s1. The Labute approximate surface area is 144 Å². The fourth-order valence-electron chi connectivity index (χ4n) is 2.66. The van der Waals surface area contributed by atoms with Gasteiger partial charge in [-0.05, 0) is 44.9 Å². The number of hydrogen-bond acceptors (Lipinski definition) is 3. The fourth-order valence-corrected chi connectivity index (χ4v) is 3.73. The van der Waals surface area contributed by atoms with Crippen molar-refractivity contribution in [1.82, 2.24) is 10.6 Å². The van der Waals surface area contributed by atoms with Crippen molar-refractivity contribution in [3.63, 3.8) is 0 Å². The molecule has 0 aromatic heterocycles. The van der Waals surface area contributed by atoms with Gasteiger partial charge in [0, 0.05) is 28.6 Å². The summed E-state index contributed by atoms with van der Waals surface area (Å²) in [5.41, 5.74) is 0. The number of nitrogens with one attached hydrogen (secondary N) is 2. The van der Waals surface area contributed by atoms with Crippen LogP contribution in [0.3, 0.4) is 0 Å². The number of benzene rings is 1. The van der Waals surface area contributed by atoms with E-state index < -0.39 is 0 Å². The Morgan fingerprint density at radius 2 is 2.14 bits per heavy atom. The van der Waals surface area contributed by atoms with Crippen LogP contribution in [0.4, 0.5) is 0 Å². The summed E-state index contributed by atoms with van der Waals surface area (Å²) in [6.45, 7) is 5.25. The number of piperidine rings is 1. The van der Waals surface area contributed by atoms with E-state index in [2.05, 4.69) is 48.7 Å². The van der Waals surface area contributed by atoms with Gasteiger partial charge in [-0.2, -0.15) is 0 Å². The molecule has 124 valence electrons. The fraction of sp³-hybridized carbons (Fsp3) is 0.588. The molecule has 3 nitrogen and oxygen atoms in total. The molecule has 22 heavy (non-hydrogen) atoms. The molecule has 1 aromatic rings. The number of hydrogen-bond donors (Lipinski definition) is 2. The minimum Gasteiger partial charge on any atom is -0.352 e. The van der Waals surface area contributed by atoms with Crippen LogP contribution in [-0.2, 0) is 4.79 Å². The zero-order valence-electron chi connectivity index (χ0n) is 13.4. The van der Waals surface area contributed by atoms with Crippen LogP contribution in [-0.4, -0.2) is 30.3 Å². The molecule has 3 atom stereocenters. The summed E-state index contributed by atoms with van der Waals surface area (Å²) in [6, 6.07) is 11.1. The first-order valence-electron chi connectivity index (χ1n) is 7.90. The van der Waals surface area contributed by atoms with Crippen LogP contribution in [0, 0.1) is 5.92 Å². The van der Waals surface area contributed by atoms with Gasteiger partial charge >= 0.3 is 0 Å². The lowest BCUT2D eigenvalue weighted by atomic mass is 9.92. The van der Waals surface area contributed by atoms with Gasteiger partial charge in [0.05, 0.1) is 0 Å². The maximum Gasteiger partial charge on any atom is 0.223 e. The van der Waals surface area contributed by atoms with Crippen LogP contribution in [0.5, 0.6) is 0 Å². The number of thioether (sulfide) groups is 1. The molecular weight excluding hydrogens is 316 g/mol. The Bertz CT molecular complexity index is 444. The van der Waals surface area contributed by atoms with Crippen LogP contribution in [0.2, 0.25) is 0 Å². The Balaban J connectivity index is 0.00000242. The highest BCUT2D eigenvalue weighted by Gasteiger charge is 2.25. The molecule has 0 radical (unpaired) electrons. The molecule has 1 aliphatic heterocycles. The lowest BCUT2D eigenvalue weighted by molar-refractivity contribution is -0.126. The Kier molecular flexibility index (Phi) is 8.91. The van der Waals surface area contributed by atoms with E-state index in [1.165, 1.54) is 4.90 Å². The second kappa shape index (κ2) is 10.1. The maximum atomic E-state index is 12.4. The molecule has 0 saturated carbocycles. The SMILES string of the molecule is CCC(CSc1ccccc1)NC(=O)[C@H]1CCN[C@@H](C)C1.Cl. The molecule has 1 fully saturated rings. The smallest absolute Gasteiger partial charge is 0.223 e. The minimum absolute atomic E-state index is 0. The molecule has 1 aromatic carbocycles. The monoisotopic (exact) mass is 342 g/mol. The molecule has 1 heterocycles. The second-order valence-corrected chi connectivity index (χ2v) is 6.91. The highest BCUT2D eigenvalue weighted by Crippen LogP contribution is 2.20. The van der Waals surface area contributed by atoms with Gasteiger partial charge in [0.2, 0.25) is 5.91 Å². The summed E-state index contributed by atoms with van der Waals surface area (Å²) in [4.78, 5) is 13.6. The van der Waals surface area contributed by atoms with Crippen molar-refractivity contribution in [3.05, 3.63) is 30.3 Å². The average molecular weight is 343 g/mol. The summed E-state index contributed by atoms with van der Waals surface area (Å²) < 4.78 is 0. The highest BCUT2D eigenvalue weighted by atomic mass is 35.5. The van der Waals surface area contributed by atoms with Gasteiger partial charge in [-0.25, -0.2) is 0 Å². The van der Waals surface area contributed by atoms with Gasteiger partial charge in [0.15, 0.2) is 0 Å². The zero-order chi connectivity index (χ0) is 15.1. The third-order valence-corrected chi connectivity index (χ3v) is 5.20. The van der Waals surface area contributed by atoms with E-state index in [0.29, 0.717) is 6.04 Å². The van der Waals surface area contributed by atoms with Crippen LogP contribution in [0.15, 0.2) is 35.2 Å². The van der Waals surface area contributed by atoms with Crippen molar-refractivity contribution in [3.8, 4) is 0 Å². The van der Waals surface area contributed by atoms with Gasteiger partial charge in [-0.3, -0.25) is 4.79 Å².